The molecule has 11 heteroatoms. The van der Waals surface area contributed by atoms with Crippen molar-refractivity contribution in [3.05, 3.63) is 71.2 Å². The molecule has 2 aromatic carbocycles. The molecule has 1 saturated heterocycles. The number of aromatic nitrogens is 1. The summed E-state index contributed by atoms with van der Waals surface area (Å²) in [5.41, 5.74) is 2.87. The number of urea groups is 1. The molecule has 0 radical (unpaired) electrons. The molecule has 1 aromatic heterocycles. The molecule has 42 heavy (non-hydrogen) atoms. The average Bonchev–Trinajstić information content (AvgIpc) is 3.50. The Bertz CT molecular complexity index is 1540. The lowest BCUT2D eigenvalue weighted by Gasteiger charge is -2.34. The number of hydrogen-bond acceptors (Lipinski definition) is 7. The smallest absolute Gasteiger partial charge is 0.319 e. The second-order valence-corrected chi connectivity index (χ2v) is 11.2. The summed E-state index contributed by atoms with van der Waals surface area (Å²) in [6.07, 6.45) is 2.41. The van der Waals surface area contributed by atoms with Crippen LogP contribution in [0.5, 0.6) is 17.2 Å². The molecule has 3 unspecified atom stereocenters. The summed E-state index contributed by atoms with van der Waals surface area (Å²) < 4.78 is 27.1. The average molecular weight is 573 g/mol. The lowest BCUT2D eigenvalue weighted by Crippen LogP contribution is -2.45. The fourth-order valence-electron chi connectivity index (χ4n) is 6.13. The molecule has 4 heterocycles. The Balaban J connectivity index is 0.953. The van der Waals surface area contributed by atoms with Crippen molar-refractivity contribution in [1.29, 1.82) is 0 Å². The van der Waals surface area contributed by atoms with Crippen LogP contribution in [0.4, 0.5) is 20.7 Å². The first kappa shape index (κ1) is 26.7. The van der Waals surface area contributed by atoms with Gasteiger partial charge < -0.3 is 30.3 Å². The Kier molecular flexibility index (Phi) is 6.91. The zero-order valence-corrected chi connectivity index (χ0v) is 23.4. The Morgan fingerprint density at radius 1 is 1.12 bits per heavy atom. The van der Waals surface area contributed by atoms with E-state index in [4.69, 9.17) is 9.47 Å². The first-order chi connectivity index (χ1) is 20.4. The summed E-state index contributed by atoms with van der Waals surface area (Å²) in [6.45, 7) is 7.59. The first-order valence-electron chi connectivity index (χ1n) is 14.5. The van der Waals surface area contributed by atoms with E-state index in [9.17, 15) is 14.0 Å². The number of hydrogen-bond donors (Lipinski definition) is 3. The Morgan fingerprint density at radius 3 is 2.76 bits per heavy atom. The van der Waals surface area contributed by atoms with Gasteiger partial charge in [-0.2, -0.15) is 0 Å². The van der Waals surface area contributed by atoms with E-state index in [0.717, 1.165) is 49.6 Å². The number of halogens is 1. The summed E-state index contributed by atoms with van der Waals surface area (Å²) in [5.74, 6) is 2.23. The van der Waals surface area contributed by atoms with E-state index in [0.29, 0.717) is 48.0 Å². The topological polar surface area (TPSA) is 108 Å². The number of piperazine rings is 1. The number of fused-ring (bicyclic) bond motifs is 4. The highest BCUT2D eigenvalue weighted by Crippen LogP contribution is 2.54. The zero-order chi connectivity index (χ0) is 28.8. The van der Waals surface area contributed by atoms with Crippen molar-refractivity contribution >= 4 is 23.4 Å². The highest BCUT2D eigenvalue weighted by molar-refractivity contribution is 5.93. The molecule has 2 fully saturated rings. The minimum Gasteiger partial charge on any atom is -0.487 e. The Hall–Kier alpha value is -4.22. The monoisotopic (exact) mass is 572 g/mol. The molecule has 3 atom stereocenters. The molecule has 10 nitrogen and oxygen atoms in total. The molecule has 0 spiro atoms. The number of amides is 3. The molecule has 0 bridgehead atoms. The summed E-state index contributed by atoms with van der Waals surface area (Å²) in [7, 11) is 0. The number of rotatable bonds is 7. The normalized spacial score (nSPS) is 22.7. The maximum atomic E-state index is 14.9. The van der Waals surface area contributed by atoms with Gasteiger partial charge in [-0.25, -0.2) is 14.2 Å². The van der Waals surface area contributed by atoms with Gasteiger partial charge in [0.2, 0.25) is 5.91 Å². The van der Waals surface area contributed by atoms with Gasteiger partial charge in [-0.15, -0.1) is 0 Å². The molecule has 218 valence electrons. The van der Waals surface area contributed by atoms with Gasteiger partial charge in [-0.3, -0.25) is 9.69 Å². The highest BCUT2D eigenvalue weighted by Gasteiger charge is 2.59. The lowest BCUT2D eigenvalue weighted by atomic mass is 10.1. The number of likely N-dealkylation sites (N-methyl/N-ethyl adjacent to an activating group) is 1. The predicted molar refractivity (Wildman–Crippen MR) is 155 cm³/mol. The molecule has 3 N–H and O–H groups in total. The lowest BCUT2D eigenvalue weighted by molar-refractivity contribution is -0.116. The zero-order valence-electron chi connectivity index (χ0n) is 23.4. The summed E-state index contributed by atoms with van der Waals surface area (Å²) in [6, 6.07) is 11.7. The van der Waals surface area contributed by atoms with E-state index in [2.05, 4.69) is 37.7 Å². The minimum atomic E-state index is -0.403. The summed E-state index contributed by atoms with van der Waals surface area (Å²) in [4.78, 5) is 33.4. The van der Waals surface area contributed by atoms with Crippen molar-refractivity contribution in [2.75, 3.05) is 43.4 Å². The van der Waals surface area contributed by atoms with Gasteiger partial charge >= 0.3 is 6.03 Å². The van der Waals surface area contributed by atoms with Crippen LogP contribution >= 0.6 is 0 Å². The van der Waals surface area contributed by atoms with Crippen LogP contribution < -0.4 is 25.4 Å². The van der Waals surface area contributed by atoms with Crippen LogP contribution in [0.15, 0.2) is 48.7 Å². The SMILES string of the molecule is CCN1CCN(Cc2ccc(NC(=O)NC3C4Oc5ccc(Oc6ccnc7c6CCC(=O)N7)cc5C34)cc2F)CC1. The summed E-state index contributed by atoms with van der Waals surface area (Å²) in [5, 5.41) is 8.52. The third-order valence-electron chi connectivity index (χ3n) is 8.57. The number of nitrogens with one attached hydrogen (secondary N) is 3. The fraction of sp³-hybridized carbons (Fsp3) is 0.387. The van der Waals surface area contributed by atoms with Crippen LogP contribution in [-0.4, -0.2) is 71.6 Å². The Labute approximate surface area is 243 Å². The molecule has 7 rings (SSSR count). The highest BCUT2D eigenvalue weighted by atomic mass is 19.1. The standard InChI is InChI=1S/C31H33FN6O4/c1-2-37-11-13-38(14-12-37)17-18-3-4-19(15-23(18)32)34-31(40)36-28-27-22-16-20(5-7-24(22)42-29(27)28)41-25-9-10-33-30-21(25)6-8-26(39)35-30/h3-5,7,9-10,15-16,27-29H,2,6,8,11-14,17H2,1H3,(H,33,35,39)(H2,34,36,40). The number of nitrogens with zero attached hydrogens (tertiary/aromatic N) is 3. The molecule has 3 aliphatic heterocycles. The quantitative estimate of drug-likeness (QED) is 0.392. The van der Waals surface area contributed by atoms with Crippen molar-refractivity contribution in [3.8, 4) is 17.2 Å². The van der Waals surface area contributed by atoms with Crippen LogP contribution in [-0.2, 0) is 17.8 Å². The third-order valence-corrected chi connectivity index (χ3v) is 8.57. The molecule has 4 aliphatic rings. The third kappa shape index (κ3) is 5.25. The van der Waals surface area contributed by atoms with Crippen LogP contribution in [0.3, 0.4) is 0 Å². The van der Waals surface area contributed by atoms with E-state index in [1.165, 1.54) is 6.07 Å². The van der Waals surface area contributed by atoms with Crippen molar-refractivity contribution in [1.82, 2.24) is 20.1 Å². The van der Waals surface area contributed by atoms with Gasteiger partial charge in [0.1, 0.15) is 35.0 Å². The molecule has 3 aromatic rings. The van der Waals surface area contributed by atoms with Crippen molar-refractivity contribution in [2.24, 2.45) is 0 Å². The van der Waals surface area contributed by atoms with Gasteiger partial charge in [-0.1, -0.05) is 13.0 Å². The van der Waals surface area contributed by atoms with Crippen LogP contribution in [0.1, 0.15) is 36.0 Å². The van der Waals surface area contributed by atoms with E-state index in [1.807, 2.05) is 18.2 Å². The maximum Gasteiger partial charge on any atom is 0.319 e. The molecule has 1 aliphatic carbocycles. The van der Waals surface area contributed by atoms with Gasteiger partial charge in [0.05, 0.1) is 12.0 Å². The maximum absolute atomic E-state index is 14.9. The van der Waals surface area contributed by atoms with Gasteiger partial charge in [0, 0.05) is 67.7 Å². The van der Waals surface area contributed by atoms with Gasteiger partial charge in [0.25, 0.3) is 0 Å². The van der Waals surface area contributed by atoms with Crippen molar-refractivity contribution < 1.29 is 23.5 Å². The number of ether oxygens (including phenoxy) is 2. The van der Waals surface area contributed by atoms with E-state index in [1.54, 1.807) is 24.4 Å². The van der Waals surface area contributed by atoms with Crippen LogP contribution in [0, 0.1) is 5.82 Å². The van der Waals surface area contributed by atoms with Crippen molar-refractivity contribution in [3.63, 3.8) is 0 Å². The van der Waals surface area contributed by atoms with Gasteiger partial charge in [-0.05, 0) is 49.4 Å². The number of anilines is 2. The predicted octanol–water partition coefficient (Wildman–Crippen LogP) is 4.08. The largest absolute Gasteiger partial charge is 0.487 e. The molecular weight excluding hydrogens is 539 g/mol. The number of benzene rings is 2. The number of carbonyl (C=O) groups excluding carboxylic acids is 2. The van der Waals surface area contributed by atoms with Crippen LogP contribution in [0.25, 0.3) is 0 Å². The minimum absolute atomic E-state index is 0.00669. The molecule has 1 saturated carbocycles. The van der Waals surface area contributed by atoms with Crippen molar-refractivity contribution in [2.45, 2.75) is 44.4 Å². The van der Waals surface area contributed by atoms with E-state index < -0.39 is 6.03 Å². The molecule has 3 amide bonds. The van der Waals surface area contributed by atoms with E-state index in [-0.39, 0.29) is 29.8 Å². The van der Waals surface area contributed by atoms with E-state index >= 15 is 0 Å². The molecular formula is C31H33FN6O4. The second-order valence-electron chi connectivity index (χ2n) is 11.2. The second kappa shape index (κ2) is 10.9. The van der Waals surface area contributed by atoms with Gasteiger partial charge in [0.15, 0.2) is 0 Å². The van der Waals surface area contributed by atoms with Crippen LogP contribution in [0.2, 0.25) is 0 Å². The Morgan fingerprint density at radius 2 is 1.95 bits per heavy atom. The number of carbonyl (C=O) groups is 2. The summed E-state index contributed by atoms with van der Waals surface area (Å²) >= 11 is 0. The number of pyridine rings is 1. The first-order valence-corrected chi connectivity index (χ1v) is 14.5. The fourth-order valence-corrected chi connectivity index (χ4v) is 6.13.